The van der Waals surface area contributed by atoms with Crippen molar-refractivity contribution < 1.29 is 19.1 Å². The van der Waals surface area contributed by atoms with Gasteiger partial charge in [-0.15, -0.1) is 0 Å². The largest absolute Gasteiger partial charge is 0.465 e. The number of hydrogen-bond donors (Lipinski definition) is 1. The lowest BCUT2D eigenvalue weighted by Gasteiger charge is -2.07. The van der Waals surface area contributed by atoms with E-state index in [4.69, 9.17) is 4.74 Å². The van der Waals surface area contributed by atoms with E-state index in [1.165, 1.54) is 7.11 Å². The van der Waals surface area contributed by atoms with Gasteiger partial charge in [0.1, 0.15) is 0 Å². The molecule has 114 valence electrons. The van der Waals surface area contributed by atoms with Crippen LogP contribution in [0.1, 0.15) is 26.3 Å². The van der Waals surface area contributed by atoms with Crippen molar-refractivity contribution in [1.82, 2.24) is 0 Å². The van der Waals surface area contributed by atoms with Crippen LogP contribution in [0.2, 0.25) is 0 Å². The third kappa shape index (κ3) is 3.93. The highest BCUT2D eigenvalue weighted by molar-refractivity contribution is 6.04. The molecule has 2 aromatic carbocycles. The maximum atomic E-state index is 12.2. The van der Waals surface area contributed by atoms with E-state index in [2.05, 4.69) is 10.1 Å². The van der Waals surface area contributed by atoms with Gasteiger partial charge in [-0.2, -0.15) is 0 Å². The van der Waals surface area contributed by atoms with Crippen molar-refractivity contribution in [3.8, 4) is 0 Å². The van der Waals surface area contributed by atoms with Crippen molar-refractivity contribution in [2.75, 3.05) is 19.5 Å². The summed E-state index contributed by atoms with van der Waals surface area (Å²) in [4.78, 5) is 23.5. The average molecular weight is 299 g/mol. The van der Waals surface area contributed by atoms with E-state index < -0.39 is 5.97 Å². The minimum Gasteiger partial charge on any atom is -0.465 e. The molecule has 0 aliphatic heterocycles. The van der Waals surface area contributed by atoms with Gasteiger partial charge in [0.15, 0.2) is 0 Å². The van der Waals surface area contributed by atoms with Crippen LogP contribution in [0.15, 0.2) is 48.5 Å². The monoisotopic (exact) mass is 299 g/mol. The van der Waals surface area contributed by atoms with Crippen molar-refractivity contribution in [3.63, 3.8) is 0 Å². The van der Waals surface area contributed by atoms with Crippen molar-refractivity contribution >= 4 is 17.6 Å². The van der Waals surface area contributed by atoms with E-state index in [-0.39, 0.29) is 5.91 Å². The van der Waals surface area contributed by atoms with Gasteiger partial charge in [-0.3, -0.25) is 4.79 Å². The number of hydrogen-bond acceptors (Lipinski definition) is 4. The number of nitrogens with one attached hydrogen (secondary N) is 1. The predicted molar refractivity (Wildman–Crippen MR) is 82.9 cm³/mol. The topological polar surface area (TPSA) is 64.6 Å². The van der Waals surface area contributed by atoms with E-state index in [1.54, 1.807) is 43.5 Å². The smallest absolute Gasteiger partial charge is 0.337 e. The van der Waals surface area contributed by atoms with Crippen LogP contribution in [0.25, 0.3) is 0 Å². The minimum atomic E-state index is -0.412. The number of ether oxygens (including phenoxy) is 2. The fraction of sp³-hybridized carbons (Fsp3) is 0.176. The molecule has 0 aromatic heterocycles. The second kappa shape index (κ2) is 7.38. The summed E-state index contributed by atoms with van der Waals surface area (Å²) in [6.07, 6.45) is 0. The second-order valence-electron chi connectivity index (χ2n) is 4.66. The standard InChI is InChI=1S/C17H17NO4/c1-21-11-12-4-3-5-14(10-12)16(19)18-15-8-6-13(7-9-15)17(20)22-2/h3-10H,11H2,1-2H3,(H,18,19). The van der Waals surface area contributed by atoms with Crippen molar-refractivity contribution in [2.24, 2.45) is 0 Å². The first-order valence-corrected chi connectivity index (χ1v) is 6.71. The maximum absolute atomic E-state index is 12.2. The van der Waals surface area contributed by atoms with Gasteiger partial charge in [0.05, 0.1) is 19.3 Å². The molecule has 1 N–H and O–H groups in total. The number of carbonyl (C=O) groups excluding carboxylic acids is 2. The van der Waals surface area contributed by atoms with Crippen molar-refractivity contribution in [1.29, 1.82) is 0 Å². The summed E-state index contributed by atoms with van der Waals surface area (Å²) in [5.41, 5.74) is 2.51. The molecule has 0 unspecified atom stereocenters. The Kier molecular flexibility index (Phi) is 5.27. The molecular formula is C17H17NO4. The molecular weight excluding hydrogens is 282 g/mol. The van der Waals surface area contributed by atoms with Crippen LogP contribution in [0.3, 0.4) is 0 Å². The molecule has 0 saturated carbocycles. The Morgan fingerprint density at radius 1 is 1.00 bits per heavy atom. The molecule has 1 amide bonds. The fourth-order valence-electron chi connectivity index (χ4n) is 1.98. The second-order valence-corrected chi connectivity index (χ2v) is 4.66. The number of carbonyl (C=O) groups is 2. The molecule has 2 rings (SSSR count). The summed E-state index contributed by atoms with van der Waals surface area (Å²) < 4.78 is 9.68. The van der Waals surface area contributed by atoms with E-state index in [0.29, 0.717) is 23.4 Å². The molecule has 0 spiro atoms. The zero-order valence-electron chi connectivity index (χ0n) is 12.5. The van der Waals surface area contributed by atoms with Crippen LogP contribution >= 0.6 is 0 Å². The summed E-state index contributed by atoms with van der Waals surface area (Å²) in [5, 5.41) is 2.78. The first-order valence-electron chi connectivity index (χ1n) is 6.71. The Hall–Kier alpha value is -2.66. The Bertz CT molecular complexity index is 665. The van der Waals surface area contributed by atoms with Crippen LogP contribution in [0.4, 0.5) is 5.69 Å². The SMILES string of the molecule is COCc1cccc(C(=O)Nc2ccc(C(=O)OC)cc2)c1. The molecule has 0 saturated heterocycles. The van der Waals surface area contributed by atoms with E-state index in [1.807, 2.05) is 12.1 Å². The van der Waals surface area contributed by atoms with Gasteiger partial charge in [0.25, 0.3) is 5.91 Å². The lowest BCUT2D eigenvalue weighted by molar-refractivity contribution is 0.0600. The molecule has 5 nitrogen and oxygen atoms in total. The number of amides is 1. The van der Waals surface area contributed by atoms with Gasteiger partial charge >= 0.3 is 5.97 Å². The molecule has 0 atom stereocenters. The van der Waals surface area contributed by atoms with Gasteiger partial charge < -0.3 is 14.8 Å². The summed E-state index contributed by atoms with van der Waals surface area (Å²) >= 11 is 0. The molecule has 0 aliphatic carbocycles. The number of anilines is 1. The Morgan fingerprint density at radius 3 is 2.36 bits per heavy atom. The number of esters is 1. The molecule has 2 aromatic rings. The Balaban J connectivity index is 2.08. The quantitative estimate of drug-likeness (QED) is 0.862. The van der Waals surface area contributed by atoms with E-state index >= 15 is 0 Å². The van der Waals surface area contributed by atoms with Crippen LogP contribution in [0.5, 0.6) is 0 Å². The lowest BCUT2D eigenvalue weighted by Crippen LogP contribution is -2.12. The van der Waals surface area contributed by atoms with Crippen molar-refractivity contribution in [2.45, 2.75) is 6.61 Å². The third-order valence-electron chi connectivity index (χ3n) is 3.06. The van der Waals surface area contributed by atoms with Gasteiger partial charge in [-0.05, 0) is 42.0 Å². The van der Waals surface area contributed by atoms with Gasteiger partial charge in [0.2, 0.25) is 0 Å². The number of methoxy groups -OCH3 is 2. The fourth-order valence-corrected chi connectivity index (χ4v) is 1.98. The predicted octanol–water partition coefficient (Wildman–Crippen LogP) is 2.87. The van der Waals surface area contributed by atoms with Crippen LogP contribution in [-0.4, -0.2) is 26.1 Å². The van der Waals surface area contributed by atoms with Crippen molar-refractivity contribution in [3.05, 3.63) is 65.2 Å². The van der Waals surface area contributed by atoms with Crippen LogP contribution < -0.4 is 5.32 Å². The molecule has 5 heteroatoms. The molecule has 0 radical (unpaired) electrons. The highest BCUT2D eigenvalue weighted by Crippen LogP contribution is 2.13. The number of benzene rings is 2. The maximum Gasteiger partial charge on any atom is 0.337 e. The average Bonchev–Trinajstić information content (AvgIpc) is 2.55. The lowest BCUT2D eigenvalue weighted by atomic mass is 10.1. The van der Waals surface area contributed by atoms with Gasteiger partial charge in [0, 0.05) is 18.4 Å². The zero-order chi connectivity index (χ0) is 15.9. The third-order valence-corrected chi connectivity index (χ3v) is 3.06. The first-order chi connectivity index (χ1) is 10.6. The highest BCUT2D eigenvalue weighted by Gasteiger charge is 2.08. The highest BCUT2D eigenvalue weighted by atomic mass is 16.5. The minimum absolute atomic E-state index is 0.219. The first kappa shape index (κ1) is 15.7. The van der Waals surface area contributed by atoms with Crippen LogP contribution in [0, 0.1) is 0 Å². The molecule has 0 aliphatic rings. The summed E-state index contributed by atoms with van der Waals surface area (Å²) in [5.74, 6) is -0.631. The summed E-state index contributed by atoms with van der Waals surface area (Å²) in [6.45, 7) is 0.453. The number of rotatable bonds is 5. The van der Waals surface area contributed by atoms with E-state index in [0.717, 1.165) is 5.56 Å². The molecule has 22 heavy (non-hydrogen) atoms. The Morgan fingerprint density at radius 2 is 1.73 bits per heavy atom. The summed E-state index contributed by atoms with van der Waals surface area (Å²) in [6, 6.07) is 13.7. The molecule has 0 fully saturated rings. The zero-order valence-corrected chi connectivity index (χ0v) is 12.5. The normalized spacial score (nSPS) is 10.1. The molecule has 0 bridgehead atoms. The van der Waals surface area contributed by atoms with Gasteiger partial charge in [-0.1, -0.05) is 12.1 Å². The summed E-state index contributed by atoms with van der Waals surface area (Å²) in [7, 11) is 2.93. The van der Waals surface area contributed by atoms with Gasteiger partial charge in [-0.25, -0.2) is 4.79 Å². The van der Waals surface area contributed by atoms with Crippen LogP contribution in [-0.2, 0) is 16.1 Å². The molecule has 0 heterocycles. The van der Waals surface area contributed by atoms with E-state index in [9.17, 15) is 9.59 Å². The Labute approximate surface area is 128 Å².